The van der Waals surface area contributed by atoms with Crippen molar-refractivity contribution in [1.82, 2.24) is 0 Å². The van der Waals surface area contributed by atoms with E-state index in [1.165, 1.54) is 3.57 Å². The molecule has 0 aliphatic heterocycles. The van der Waals surface area contributed by atoms with Crippen molar-refractivity contribution in [3.05, 3.63) is 53.2 Å². The minimum atomic E-state index is -0.109. The second-order valence-corrected chi connectivity index (χ2v) is 7.24. The number of thiophene rings is 1. The average Bonchev–Trinajstić information content (AvgIpc) is 2.59. The smallest absolute Gasteiger partial charge is 0.0888 e. The fourth-order valence-electron chi connectivity index (χ4n) is 1.40. The predicted octanol–water partition coefficient (Wildman–Crippen LogP) is 4.82. The Morgan fingerprint density at radius 2 is 2.06 bits per heavy atom. The molecule has 2 rings (SSSR count). The Morgan fingerprint density at radius 1 is 1.38 bits per heavy atom. The van der Waals surface area contributed by atoms with Gasteiger partial charge in [-0.15, -0.1) is 11.3 Å². The van der Waals surface area contributed by atoms with Gasteiger partial charge in [0.15, 0.2) is 0 Å². The summed E-state index contributed by atoms with van der Waals surface area (Å²) < 4.78 is 2.11. The van der Waals surface area contributed by atoms with E-state index >= 15 is 0 Å². The van der Waals surface area contributed by atoms with Gasteiger partial charge in [0.2, 0.25) is 0 Å². The normalized spacial score (nSPS) is 12.8. The Kier molecular flexibility index (Phi) is 4.29. The van der Waals surface area contributed by atoms with Gasteiger partial charge in [-0.05, 0) is 56.2 Å². The monoisotopic (exact) mass is 427 g/mol. The van der Waals surface area contributed by atoms with E-state index in [1.807, 2.05) is 24.3 Å². The van der Waals surface area contributed by atoms with Gasteiger partial charge in [-0.1, -0.05) is 29.8 Å². The summed E-state index contributed by atoms with van der Waals surface area (Å²) in [7, 11) is 0. The van der Waals surface area contributed by atoms with Crippen molar-refractivity contribution in [3.63, 3.8) is 0 Å². The van der Waals surface area contributed by atoms with E-state index in [2.05, 4.69) is 44.6 Å². The lowest BCUT2D eigenvalue weighted by Gasteiger charge is -2.11. The van der Waals surface area contributed by atoms with Gasteiger partial charge in [0.25, 0.3) is 0 Å². The van der Waals surface area contributed by atoms with Crippen LogP contribution in [0.15, 0.2) is 34.1 Å². The van der Waals surface area contributed by atoms with Gasteiger partial charge in [0.1, 0.15) is 0 Å². The molecule has 0 radical (unpaired) electrons. The van der Waals surface area contributed by atoms with Crippen LogP contribution >= 0.6 is 61.5 Å². The molecule has 1 heterocycles. The Balaban J connectivity index is 2.39. The van der Waals surface area contributed by atoms with Crippen molar-refractivity contribution in [2.24, 2.45) is 5.73 Å². The highest BCUT2D eigenvalue weighted by molar-refractivity contribution is 14.1. The van der Waals surface area contributed by atoms with Gasteiger partial charge in [0, 0.05) is 8.45 Å². The Morgan fingerprint density at radius 3 is 2.62 bits per heavy atom. The molecule has 2 aromatic rings. The molecule has 1 nitrogen and oxygen atoms in total. The molecule has 1 aromatic carbocycles. The third kappa shape index (κ3) is 2.61. The van der Waals surface area contributed by atoms with Gasteiger partial charge in [-0.25, -0.2) is 0 Å². The van der Waals surface area contributed by atoms with Crippen LogP contribution < -0.4 is 5.73 Å². The molecule has 0 spiro atoms. The molecular weight excluding hydrogens is 420 g/mol. The van der Waals surface area contributed by atoms with Crippen LogP contribution in [0.2, 0.25) is 5.02 Å². The fraction of sp³-hybridized carbons (Fsp3) is 0.0909. The van der Waals surface area contributed by atoms with Crippen molar-refractivity contribution < 1.29 is 0 Å². The first-order valence-electron chi connectivity index (χ1n) is 4.54. The Bertz CT molecular complexity index is 495. The zero-order valence-electron chi connectivity index (χ0n) is 8.08. The Hall–Kier alpha value is 0.380. The molecule has 2 N–H and O–H groups in total. The van der Waals surface area contributed by atoms with Crippen LogP contribution in [-0.2, 0) is 0 Å². The quantitative estimate of drug-likeness (QED) is 0.682. The average molecular weight is 429 g/mol. The van der Waals surface area contributed by atoms with E-state index < -0.39 is 0 Å². The molecule has 84 valence electrons. The third-order valence-electron chi connectivity index (χ3n) is 2.21. The van der Waals surface area contributed by atoms with Crippen molar-refractivity contribution in [2.75, 3.05) is 0 Å². The number of hydrogen-bond donors (Lipinski definition) is 1. The first-order valence-corrected chi connectivity index (χ1v) is 7.61. The van der Waals surface area contributed by atoms with Crippen LogP contribution in [-0.4, -0.2) is 0 Å². The number of benzene rings is 1. The number of hydrogen-bond acceptors (Lipinski definition) is 2. The van der Waals surface area contributed by atoms with Crippen LogP contribution in [0.3, 0.4) is 0 Å². The summed E-state index contributed by atoms with van der Waals surface area (Å²) in [4.78, 5) is 1.07. The topological polar surface area (TPSA) is 26.0 Å². The Labute approximate surface area is 125 Å². The van der Waals surface area contributed by atoms with E-state index in [0.29, 0.717) is 0 Å². The van der Waals surface area contributed by atoms with Crippen LogP contribution in [0.1, 0.15) is 16.5 Å². The summed E-state index contributed by atoms with van der Waals surface area (Å²) in [5.74, 6) is 0. The van der Waals surface area contributed by atoms with E-state index in [-0.39, 0.29) is 6.04 Å². The largest absolute Gasteiger partial charge is 0.320 e. The van der Waals surface area contributed by atoms with Crippen molar-refractivity contribution in [2.45, 2.75) is 6.04 Å². The molecule has 16 heavy (non-hydrogen) atoms. The zero-order valence-corrected chi connectivity index (χ0v) is 13.4. The lowest BCUT2D eigenvalue weighted by Crippen LogP contribution is -2.11. The highest BCUT2D eigenvalue weighted by Crippen LogP contribution is 2.37. The van der Waals surface area contributed by atoms with Gasteiger partial charge >= 0.3 is 0 Å². The maximum absolute atomic E-state index is 6.23. The van der Waals surface area contributed by atoms with Gasteiger partial charge in [-0.2, -0.15) is 0 Å². The summed E-state index contributed by atoms with van der Waals surface area (Å²) in [5.41, 5.74) is 7.36. The fourth-order valence-corrected chi connectivity index (χ4v) is 3.89. The SMILES string of the molecule is NC(c1cc(Cl)c(Br)s1)c1ccccc1I. The first kappa shape index (κ1) is 12.8. The van der Waals surface area contributed by atoms with E-state index in [4.69, 9.17) is 17.3 Å². The predicted molar refractivity (Wildman–Crippen MR) is 82.2 cm³/mol. The molecule has 5 heteroatoms. The second-order valence-electron chi connectivity index (χ2n) is 3.27. The molecule has 0 amide bonds. The minimum Gasteiger partial charge on any atom is -0.320 e. The zero-order chi connectivity index (χ0) is 11.7. The minimum absolute atomic E-state index is 0.109. The third-order valence-corrected chi connectivity index (χ3v) is 5.75. The summed E-state index contributed by atoms with van der Waals surface area (Å²) in [5, 5.41) is 0.724. The summed E-state index contributed by atoms with van der Waals surface area (Å²) in [6.07, 6.45) is 0. The molecule has 1 unspecified atom stereocenters. The lowest BCUT2D eigenvalue weighted by molar-refractivity contribution is 0.887. The standard InChI is InChI=1S/C11H8BrClINS/c12-11-7(13)5-9(16-11)10(15)6-3-1-2-4-8(6)14/h1-5,10H,15H2. The molecule has 0 aliphatic carbocycles. The van der Waals surface area contributed by atoms with Crippen molar-refractivity contribution in [3.8, 4) is 0 Å². The number of halogens is 3. The van der Waals surface area contributed by atoms with Crippen LogP contribution in [0.25, 0.3) is 0 Å². The van der Waals surface area contributed by atoms with E-state index in [9.17, 15) is 0 Å². The van der Waals surface area contributed by atoms with Gasteiger partial charge in [-0.3, -0.25) is 0 Å². The molecular formula is C11H8BrClINS. The maximum atomic E-state index is 6.23. The highest BCUT2D eigenvalue weighted by atomic mass is 127. The molecule has 0 bridgehead atoms. The van der Waals surface area contributed by atoms with E-state index in [1.54, 1.807) is 11.3 Å². The van der Waals surface area contributed by atoms with Gasteiger partial charge < -0.3 is 5.73 Å². The van der Waals surface area contributed by atoms with Crippen molar-refractivity contribution in [1.29, 1.82) is 0 Å². The summed E-state index contributed by atoms with van der Waals surface area (Å²) >= 11 is 13.3. The highest BCUT2D eigenvalue weighted by Gasteiger charge is 2.15. The molecule has 1 aromatic heterocycles. The molecule has 0 fully saturated rings. The molecule has 1 atom stereocenters. The molecule has 0 aliphatic rings. The number of rotatable bonds is 2. The lowest BCUT2D eigenvalue weighted by atomic mass is 10.1. The summed E-state index contributed by atoms with van der Waals surface area (Å²) in [6.45, 7) is 0. The second kappa shape index (κ2) is 5.35. The van der Waals surface area contributed by atoms with Gasteiger partial charge in [0.05, 0.1) is 14.9 Å². The van der Waals surface area contributed by atoms with Crippen LogP contribution in [0, 0.1) is 3.57 Å². The maximum Gasteiger partial charge on any atom is 0.0888 e. The van der Waals surface area contributed by atoms with Crippen LogP contribution in [0.4, 0.5) is 0 Å². The van der Waals surface area contributed by atoms with Crippen molar-refractivity contribution >= 4 is 61.5 Å². The van der Waals surface area contributed by atoms with E-state index in [0.717, 1.165) is 19.2 Å². The molecule has 0 saturated heterocycles. The number of nitrogens with two attached hydrogens (primary N) is 1. The molecule has 0 saturated carbocycles. The van der Waals surface area contributed by atoms with Crippen LogP contribution in [0.5, 0.6) is 0 Å². The summed E-state index contributed by atoms with van der Waals surface area (Å²) in [6, 6.07) is 9.93. The first-order chi connectivity index (χ1) is 7.59.